The maximum absolute atomic E-state index is 12.7. The summed E-state index contributed by atoms with van der Waals surface area (Å²) in [4.78, 5) is 34.1. The van der Waals surface area contributed by atoms with Gasteiger partial charge in [-0.1, -0.05) is 26.0 Å². The molecular weight excluding hydrogens is 446 g/mol. The summed E-state index contributed by atoms with van der Waals surface area (Å²) < 4.78 is 28.5. The lowest BCUT2D eigenvalue weighted by atomic mass is 9.97. The number of nitrogens with zero attached hydrogens (tertiary/aromatic N) is 5. The van der Waals surface area contributed by atoms with Gasteiger partial charge in [-0.3, -0.25) is 9.48 Å². The summed E-state index contributed by atoms with van der Waals surface area (Å²) in [6, 6.07) is 5.63. The minimum atomic E-state index is -4.32. The summed E-state index contributed by atoms with van der Waals surface area (Å²) in [7, 11) is 0.205. The van der Waals surface area contributed by atoms with E-state index in [1.807, 2.05) is 30.7 Å². The predicted octanol–water partition coefficient (Wildman–Crippen LogP) is 2.21. The molecule has 0 atom stereocenters. The van der Waals surface area contributed by atoms with E-state index in [4.69, 9.17) is 0 Å². The standard InChI is InChI=1S/C21H25N7O4S/c1-13(2)16-7-6-14(15-10-22-12-23-11-15)8-17(16)24-21(30)26-33(31,32)19-9-18(28(5)25-19)20(29)27(3)4/h6-13H,1-5H3,(H2,24,26,30). The molecule has 11 nitrogen and oxygen atoms in total. The molecule has 1 aromatic carbocycles. The molecule has 0 radical (unpaired) electrons. The van der Waals surface area contributed by atoms with Crippen LogP contribution >= 0.6 is 0 Å². The number of carbonyl (C=O) groups is 2. The minimum absolute atomic E-state index is 0.0633. The van der Waals surface area contributed by atoms with Crippen LogP contribution in [0.5, 0.6) is 0 Å². The van der Waals surface area contributed by atoms with Crippen molar-refractivity contribution in [2.45, 2.75) is 24.8 Å². The number of benzene rings is 1. The Balaban J connectivity index is 1.85. The van der Waals surface area contributed by atoms with Crippen LogP contribution in [-0.4, -0.2) is 59.1 Å². The van der Waals surface area contributed by atoms with Gasteiger partial charge in [-0.15, -0.1) is 0 Å². The summed E-state index contributed by atoms with van der Waals surface area (Å²) in [5.41, 5.74) is 2.84. The second-order valence-corrected chi connectivity index (χ2v) is 9.46. The number of hydrogen-bond acceptors (Lipinski definition) is 7. The molecule has 12 heteroatoms. The highest BCUT2D eigenvalue weighted by atomic mass is 32.2. The molecule has 0 aliphatic carbocycles. The summed E-state index contributed by atoms with van der Waals surface area (Å²) in [5, 5.41) is 6.04. The van der Waals surface area contributed by atoms with E-state index in [1.54, 1.807) is 18.5 Å². The summed E-state index contributed by atoms with van der Waals surface area (Å²) in [6.07, 6.45) is 4.69. The minimum Gasteiger partial charge on any atom is -0.343 e. The molecule has 0 bridgehead atoms. The first kappa shape index (κ1) is 23.9. The van der Waals surface area contributed by atoms with E-state index in [9.17, 15) is 18.0 Å². The monoisotopic (exact) mass is 471 g/mol. The lowest BCUT2D eigenvalue weighted by Crippen LogP contribution is -2.35. The Morgan fingerprint density at radius 3 is 2.33 bits per heavy atom. The van der Waals surface area contributed by atoms with E-state index in [0.717, 1.165) is 27.4 Å². The molecule has 3 rings (SSSR count). The number of amides is 3. The number of carbonyl (C=O) groups excluding carboxylic acids is 2. The zero-order chi connectivity index (χ0) is 24.3. The fraction of sp³-hybridized carbons (Fsp3) is 0.286. The molecule has 174 valence electrons. The predicted molar refractivity (Wildman–Crippen MR) is 122 cm³/mol. The van der Waals surface area contributed by atoms with Crippen molar-refractivity contribution in [1.82, 2.24) is 29.4 Å². The van der Waals surface area contributed by atoms with Gasteiger partial charge in [-0.2, -0.15) is 13.5 Å². The quantitative estimate of drug-likeness (QED) is 0.562. The number of aryl methyl sites for hydroxylation is 1. The highest BCUT2D eigenvalue weighted by Crippen LogP contribution is 2.29. The first-order chi connectivity index (χ1) is 15.5. The summed E-state index contributed by atoms with van der Waals surface area (Å²) in [6.45, 7) is 3.91. The molecule has 0 aliphatic heterocycles. The molecule has 2 N–H and O–H groups in total. The molecular formula is C21H25N7O4S. The van der Waals surface area contributed by atoms with Crippen LogP contribution in [0.4, 0.5) is 10.5 Å². The van der Waals surface area contributed by atoms with Gasteiger partial charge in [0.2, 0.25) is 0 Å². The van der Waals surface area contributed by atoms with Gasteiger partial charge in [0, 0.05) is 50.9 Å². The van der Waals surface area contributed by atoms with Gasteiger partial charge in [0.1, 0.15) is 12.0 Å². The van der Waals surface area contributed by atoms with E-state index in [-0.39, 0.29) is 11.6 Å². The number of sulfonamides is 1. The fourth-order valence-electron chi connectivity index (χ4n) is 3.12. The molecule has 33 heavy (non-hydrogen) atoms. The SMILES string of the molecule is CC(C)c1ccc(-c2cncnc2)cc1NC(=O)NS(=O)(=O)c1cc(C(=O)N(C)C)n(C)n1. The average molecular weight is 472 g/mol. The molecule has 0 fully saturated rings. The normalized spacial score (nSPS) is 11.3. The Kier molecular flexibility index (Phi) is 6.77. The Labute approximate surface area is 191 Å². The topological polar surface area (TPSA) is 139 Å². The maximum Gasteiger partial charge on any atom is 0.333 e. The second-order valence-electron chi connectivity index (χ2n) is 7.83. The maximum atomic E-state index is 12.7. The van der Waals surface area contributed by atoms with Crippen molar-refractivity contribution in [3.63, 3.8) is 0 Å². The molecule has 2 heterocycles. The zero-order valence-corrected chi connectivity index (χ0v) is 19.7. The lowest BCUT2D eigenvalue weighted by Gasteiger charge is -2.16. The van der Waals surface area contributed by atoms with Crippen molar-refractivity contribution in [1.29, 1.82) is 0 Å². The van der Waals surface area contributed by atoms with Crippen LogP contribution in [0.2, 0.25) is 0 Å². The van der Waals surface area contributed by atoms with Crippen molar-refractivity contribution in [3.8, 4) is 11.1 Å². The number of aromatic nitrogens is 4. The van der Waals surface area contributed by atoms with Crippen LogP contribution in [0.25, 0.3) is 11.1 Å². The highest BCUT2D eigenvalue weighted by molar-refractivity contribution is 7.90. The van der Waals surface area contributed by atoms with E-state index in [0.29, 0.717) is 5.69 Å². The van der Waals surface area contributed by atoms with E-state index >= 15 is 0 Å². The third-order valence-corrected chi connectivity index (χ3v) is 6.01. The Hall–Kier alpha value is -3.80. The number of urea groups is 1. The van der Waals surface area contributed by atoms with Gasteiger partial charge in [0.05, 0.1) is 0 Å². The Bertz CT molecular complexity index is 1290. The molecule has 3 aromatic rings. The van der Waals surface area contributed by atoms with Crippen molar-refractivity contribution in [2.24, 2.45) is 7.05 Å². The molecule has 0 spiro atoms. The van der Waals surface area contributed by atoms with Crippen molar-refractivity contribution < 1.29 is 18.0 Å². The van der Waals surface area contributed by atoms with E-state index < -0.39 is 27.0 Å². The zero-order valence-electron chi connectivity index (χ0n) is 18.9. The van der Waals surface area contributed by atoms with Gasteiger partial charge < -0.3 is 10.2 Å². The van der Waals surface area contributed by atoms with Crippen LogP contribution < -0.4 is 10.0 Å². The molecule has 2 aromatic heterocycles. The van der Waals surface area contributed by atoms with Gasteiger partial charge in [-0.05, 0) is 23.1 Å². The summed E-state index contributed by atoms with van der Waals surface area (Å²) in [5.74, 6) is -0.354. The fourth-order valence-corrected chi connectivity index (χ4v) is 4.02. The van der Waals surface area contributed by atoms with Gasteiger partial charge in [-0.25, -0.2) is 19.5 Å². The molecule has 0 aliphatic rings. The van der Waals surface area contributed by atoms with E-state index in [1.165, 1.54) is 32.4 Å². The van der Waals surface area contributed by atoms with Gasteiger partial charge in [0.25, 0.3) is 15.9 Å². The number of nitrogens with one attached hydrogen (secondary N) is 2. The third-order valence-electron chi connectivity index (χ3n) is 4.80. The largest absolute Gasteiger partial charge is 0.343 e. The van der Waals surface area contributed by atoms with E-state index in [2.05, 4.69) is 20.4 Å². The third kappa shape index (κ3) is 5.34. The van der Waals surface area contributed by atoms with Crippen molar-refractivity contribution >= 4 is 27.6 Å². The van der Waals surface area contributed by atoms with Crippen LogP contribution in [0, 0.1) is 0 Å². The first-order valence-corrected chi connectivity index (χ1v) is 11.5. The molecule has 0 saturated carbocycles. The number of rotatable bonds is 6. The first-order valence-electron chi connectivity index (χ1n) is 9.98. The highest BCUT2D eigenvalue weighted by Gasteiger charge is 2.25. The van der Waals surface area contributed by atoms with Crippen LogP contribution in [-0.2, 0) is 17.1 Å². The summed E-state index contributed by atoms with van der Waals surface area (Å²) >= 11 is 0. The lowest BCUT2D eigenvalue weighted by molar-refractivity contribution is 0.0817. The smallest absolute Gasteiger partial charge is 0.333 e. The Morgan fingerprint density at radius 1 is 1.06 bits per heavy atom. The second kappa shape index (κ2) is 9.36. The van der Waals surface area contributed by atoms with Crippen LogP contribution in [0.3, 0.4) is 0 Å². The molecule has 3 amide bonds. The average Bonchev–Trinajstić information content (AvgIpc) is 3.15. The van der Waals surface area contributed by atoms with Crippen LogP contribution in [0.1, 0.15) is 35.8 Å². The van der Waals surface area contributed by atoms with Gasteiger partial charge >= 0.3 is 6.03 Å². The van der Waals surface area contributed by atoms with Crippen molar-refractivity contribution in [2.75, 3.05) is 19.4 Å². The number of anilines is 1. The van der Waals surface area contributed by atoms with Crippen LogP contribution in [0.15, 0.2) is 48.0 Å². The number of hydrogen-bond donors (Lipinski definition) is 2. The Morgan fingerprint density at radius 2 is 1.73 bits per heavy atom. The molecule has 0 unspecified atom stereocenters. The van der Waals surface area contributed by atoms with Gasteiger partial charge in [0.15, 0.2) is 5.03 Å². The molecule has 0 saturated heterocycles. The van der Waals surface area contributed by atoms with Crippen molar-refractivity contribution in [3.05, 3.63) is 54.2 Å².